The summed E-state index contributed by atoms with van der Waals surface area (Å²) in [5.74, 6) is 0.000880. The lowest BCUT2D eigenvalue weighted by Gasteiger charge is -2.26. The summed E-state index contributed by atoms with van der Waals surface area (Å²) in [6, 6.07) is 7.47. The molecule has 0 atom stereocenters. The Labute approximate surface area is 139 Å². The largest absolute Gasteiger partial charge is 0.391 e. The SMILES string of the molecule is C=C1C2=C(SC(N)=C(N)S2)C(=O)c2ccccc21.CCCC. The molecular formula is C17H20N2OS2. The van der Waals surface area contributed by atoms with Crippen LogP contribution in [0.15, 0.2) is 50.7 Å². The molecule has 22 heavy (non-hydrogen) atoms. The van der Waals surface area contributed by atoms with Crippen LogP contribution in [-0.2, 0) is 0 Å². The van der Waals surface area contributed by atoms with E-state index in [1.807, 2.05) is 24.3 Å². The molecule has 3 nitrogen and oxygen atoms in total. The number of fused-ring (bicyclic) bond motifs is 1. The van der Waals surface area contributed by atoms with Gasteiger partial charge in [-0.05, 0) is 11.1 Å². The number of rotatable bonds is 1. The van der Waals surface area contributed by atoms with E-state index in [1.54, 1.807) is 0 Å². The van der Waals surface area contributed by atoms with Crippen LogP contribution in [0.2, 0.25) is 0 Å². The Hall–Kier alpha value is -1.59. The fourth-order valence-corrected chi connectivity index (χ4v) is 3.93. The maximum atomic E-state index is 12.4. The van der Waals surface area contributed by atoms with Crippen molar-refractivity contribution in [3.8, 4) is 0 Å². The number of unbranched alkanes of at least 4 members (excludes halogenated alkanes) is 1. The van der Waals surface area contributed by atoms with Gasteiger partial charge in [-0.25, -0.2) is 0 Å². The van der Waals surface area contributed by atoms with Gasteiger partial charge < -0.3 is 11.5 Å². The number of hydrogen-bond donors (Lipinski definition) is 2. The summed E-state index contributed by atoms with van der Waals surface area (Å²) < 4.78 is 0. The molecule has 5 heteroatoms. The van der Waals surface area contributed by atoms with Gasteiger partial charge in [0.25, 0.3) is 0 Å². The van der Waals surface area contributed by atoms with E-state index in [2.05, 4.69) is 20.4 Å². The second kappa shape index (κ2) is 7.11. The van der Waals surface area contributed by atoms with Gasteiger partial charge in [0, 0.05) is 10.5 Å². The van der Waals surface area contributed by atoms with Crippen LogP contribution in [-0.4, -0.2) is 5.78 Å². The lowest BCUT2D eigenvalue weighted by atomic mass is 9.92. The molecule has 1 aromatic carbocycles. The predicted molar refractivity (Wildman–Crippen MR) is 98.0 cm³/mol. The molecule has 4 N–H and O–H groups in total. The van der Waals surface area contributed by atoms with Gasteiger partial charge in [0.2, 0.25) is 5.78 Å². The Kier molecular flexibility index (Phi) is 5.42. The minimum absolute atomic E-state index is 0.000880. The molecule has 0 saturated heterocycles. The Bertz CT molecular complexity index is 633. The fourth-order valence-electron chi connectivity index (χ4n) is 1.95. The van der Waals surface area contributed by atoms with Crippen molar-refractivity contribution in [2.75, 3.05) is 0 Å². The van der Waals surface area contributed by atoms with Crippen LogP contribution in [0.1, 0.15) is 42.6 Å². The predicted octanol–water partition coefficient (Wildman–Crippen LogP) is 4.44. The molecular weight excluding hydrogens is 312 g/mol. The van der Waals surface area contributed by atoms with Gasteiger partial charge in [-0.1, -0.05) is 81.1 Å². The highest BCUT2D eigenvalue weighted by atomic mass is 32.2. The van der Waals surface area contributed by atoms with E-state index in [4.69, 9.17) is 11.5 Å². The zero-order valence-electron chi connectivity index (χ0n) is 12.8. The quantitative estimate of drug-likeness (QED) is 0.796. The highest BCUT2D eigenvalue weighted by Gasteiger charge is 2.32. The standard InChI is InChI=1S/C13H10N2OS2.C4H10/c1-6-7-4-2-3-5-8(7)9(16)11-10(6)17-12(14)13(15)18-11;1-3-4-2/h2-5H,1,14-15H2;3-4H2,1-2H3. The molecule has 0 fully saturated rings. The molecule has 0 bridgehead atoms. The first-order valence-corrected chi connectivity index (χ1v) is 8.83. The van der Waals surface area contributed by atoms with Crippen molar-refractivity contribution >= 4 is 34.9 Å². The Morgan fingerprint density at radius 3 is 2.00 bits per heavy atom. The maximum absolute atomic E-state index is 12.4. The van der Waals surface area contributed by atoms with Crippen LogP contribution >= 0.6 is 23.5 Å². The van der Waals surface area contributed by atoms with Crippen molar-refractivity contribution in [1.82, 2.24) is 0 Å². The molecule has 0 saturated carbocycles. The van der Waals surface area contributed by atoms with E-state index in [9.17, 15) is 4.79 Å². The molecule has 0 amide bonds. The molecule has 0 aromatic heterocycles. The molecule has 3 rings (SSSR count). The van der Waals surface area contributed by atoms with Crippen molar-refractivity contribution in [2.24, 2.45) is 11.5 Å². The topological polar surface area (TPSA) is 69.1 Å². The van der Waals surface area contributed by atoms with Gasteiger partial charge in [0.15, 0.2) is 0 Å². The van der Waals surface area contributed by atoms with Crippen LogP contribution in [0.25, 0.3) is 5.57 Å². The summed E-state index contributed by atoms with van der Waals surface area (Å²) in [6.45, 7) is 8.43. The number of carbonyl (C=O) groups excluding carboxylic acids is 1. The van der Waals surface area contributed by atoms with Crippen LogP contribution in [0, 0.1) is 0 Å². The number of Topliss-reactive ketones (excluding diaryl/α,β-unsaturated/α-hetero) is 1. The second-order valence-electron chi connectivity index (χ2n) is 4.94. The number of hydrogen-bond acceptors (Lipinski definition) is 5. The number of benzene rings is 1. The number of ketones is 1. The first kappa shape index (κ1) is 16.8. The average Bonchev–Trinajstić information content (AvgIpc) is 2.55. The highest BCUT2D eigenvalue weighted by molar-refractivity contribution is 8.14. The van der Waals surface area contributed by atoms with Crippen molar-refractivity contribution in [2.45, 2.75) is 26.7 Å². The van der Waals surface area contributed by atoms with Gasteiger partial charge >= 0.3 is 0 Å². The molecule has 0 unspecified atom stereocenters. The smallest absolute Gasteiger partial charge is 0.201 e. The van der Waals surface area contributed by atoms with E-state index in [0.717, 1.165) is 16.0 Å². The third-order valence-electron chi connectivity index (χ3n) is 3.35. The fraction of sp³-hybridized carbons (Fsp3) is 0.235. The van der Waals surface area contributed by atoms with Crippen LogP contribution in [0.3, 0.4) is 0 Å². The summed E-state index contributed by atoms with van der Waals surface area (Å²) >= 11 is 2.56. The van der Waals surface area contributed by atoms with Gasteiger partial charge in [-0.2, -0.15) is 0 Å². The minimum atomic E-state index is 0.000880. The molecule has 0 radical (unpaired) electrons. The monoisotopic (exact) mass is 332 g/mol. The maximum Gasteiger partial charge on any atom is 0.201 e. The highest BCUT2D eigenvalue weighted by Crippen LogP contribution is 2.50. The molecule has 1 aliphatic heterocycles. The zero-order chi connectivity index (χ0) is 16.3. The average molecular weight is 332 g/mol. The van der Waals surface area contributed by atoms with Crippen LogP contribution < -0.4 is 11.5 Å². The third kappa shape index (κ3) is 3.10. The van der Waals surface area contributed by atoms with E-state index in [-0.39, 0.29) is 5.78 Å². The first-order chi connectivity index (χ1) is 10.5. The van der Waals surface area contributed by atoms with Gasteiger partial charge in [0.1, 0.15) is 10.1 Å². The van der Waals surface area contributed by atoms with Crippen molar-refractivity contribution < 1.29 is 4.79 Å². The third-order valence-corrected chi connectivity index (χ3v) is 5.74. The summed E-state index contributed by atoms with van der Waals surface area (Å²) in [4.78, 5) is 13.9. The number of thioether (sulfide) groups is 2. The van der Waals surface area contributed by atoms with Gasteiger partial charge in [-0.3, -0.25) is 4.79 Å². The Morgan fingerprint density at radius 2 is 1.45 bits per heavy atom. The zero-order valence-corrected chi connectivity index (χ0v) is 14.4. The van der Waals surface area contributed by atoms with Gasteiger partial charge in [0.05, 0.1) is 4.91 Å². The van der Waals surface area contributed by atoms with E-state index in [1.165, 1.54) is 36.4 Å². The minimum Gasteiger partial charge on any atom is -0.391 e. The summed E-state index contributed by atoms with van der Waals surface area (Å²) in [7, 11) is 0. The van der Waals surface area contributed by atoms with Crippen LogP contribution in [0.4, 0.5) is 0 Å². The molecule has 116 valence electrons. The summed E-state index contributed by atoms with van der Waals surface area (Å²) in [5.41, 5.74) is 14.0. The Morgan fingerprint density at radius 1 is 0.955 bits per heavy atom. The Balaban J connectivity index is 0.000000396. The number of nitrogens with two attached hydrogens (primary N) is 2. The van der Waals surface area contributed by atoms with E-state index < -0.39 is 0 Å². The van der Waals surface area contributed by atoms with Gasteiger partial charge in [-0.15, -0.1) is 0 Å². The molecule has 2 aliphatic rings. The van der Waals surface area contributed by atoms with E-state index in [0.29, 0.717) is 20.5 Å². The van der Waals surface area contributed by atoms with E-state index >= 15 is 0 Å². The normalized spacial score (nSPS) is 16.8. The molecule has 1 aliphatic carbocycles. The van der Waals surface area contributed by atoms with Crippen molar-refractivity contribution in [3.05, 3.63) is 61.8 Å². The summed E-state index contributed by atoms with van der Waals surface area (Å²) in [6.07, 6.45) is 2.64. The van der Waals surface area contributed by atoms with Crippen molar-refractivity contribution in [3.63, 3.8) is 0 Å². The lowest BCUT2D eigenvalue weighted by Crippen LogP contribution is -2.18. The lowest BCUT2D eigenvalue weighted by molar-refractivity contribution is 0.104. The molecule has 1 aromatic rings. The molecule has 0 spiro atoms. The second-order valence-corrected chi connectivity index (χ2v) is 7.05. The van der Waals surface area contributed by atoms with Crippen LogP contribution in [0.5, 0.6) is 0 Å². The number of carbonyl (C=O) groups is 1. The first-order valence-electron chi connectivity index (χ1n) is 7.19. The number of allylic oxidation sites excluding steroid dienone is 2. The van der Waals surface area contributed by atoms with Crippen molar-refractivity contribution in [1.29, 1.82) is 0 Å². The summed E-state index contributed by atoms with van der Waals surface area (Å²) in [5, 5.41) is 1.02. The molecule has 1 heterocycles.